The van der Waals surface area contributed by atoms with Gasteiger partial charge in [0.1, 0.15) is 0 Å². The fourth-order valence-corrected chi connectivity index (χ4v) is 2.51. The van der Waals surface area contributed by atoms with E-state index in [-0.39, 0.29) is 18.0 Å². The van der Waals surface area contributed by atoms with Crippen molar-refractivity contribution in [3.63, 3.8) is 0 Å². The molecule has 2 aliphatic rings. The largest absolute Gasteiger partial charge is 0.331 e. The van der Waals surface area contributed by atoms with Crippen LogP contribution in [0.15, 0.2) is 30.3 Å². The summed E-state index contributed by atoms with van der Waals surface area (Å²) < 4.78 is 0. The van der Waals surface area contributed by atoms with Crippen molar-refractivity contribution in [1.29, 1.82) is 0 Å². The van der Waals surface area contributed by atoms with E-state index in [9.17, 15) is 9.59 Å². The van der Waals surface area contributed by atoms with Crippen molar-refractivity contribution in [2.75, 3.05) is 11.4 Å². The zero-order valence-electron chi connectivity index (χ0n) is 10.2. The summed E-state index contributed by atoms with van der Waals surface area (Å²) in [6.07, 6.45) is 3.46. The second-order valence-corrected chi connectivity index (χ2v) is 4.87. The van der Waals surface area contributed by atoms with Crippen molar-refractivity contribution < 1.29 is 9.59 Å². The van der Waals surface area contributed by atoms with Crippen LogP contribution in [0.5, 0.6) is 0 Å². The van der Waals surface area contributed by atoms with E-state index in [0.717, 1.165) is 24.9 Å². The van der Waals surface area contributed by atoms with Crippen LogP contribution in [0.1, 0.15) is 25.7 Å². The third-order valence-electron chi connectivity index (χ3n) is 3.76. The number of anilines is 1. The van der Waals surface area contributed by atoms with Crippen molar-refractivity contribution in [2.45, 2.75) is 31.7 Å². The highest BCUT2D eigenvalue weighted by Crippen LogP contribution is 2.30. The number of nitrogens with zero attached hydrogens (tertiary/aromatic N) is 2. The Labute approximate surface area is 106 Å². The maximum absolute atomic E-state index is 12.4. The maximum Gasteiger partial charge on any atom is 0.331 e. The van der Waals surface area contributed by atoms with Crippen LogP contribution in [-0.4, -0.2) is 29.4 Å². The number of rotatable bonds is 2. The molecule has 0 unspecified atom stereocenters. The van der Waals surface area contributed by atoms with Gasteiger partial charge in [0, 0.05) is 24.7 Å². The van der Waals surface area contributed by atoms with Crippen molar-refractivity contribution in [1.82, 2.24) is 4.90 Å². The Balaban J connectivity index is 1.85. The van der Waals surface area contributed by atoms with E-state index in [1.807, 2.05) is 30.3 Å². The third-order valence-corrected chi connectivity index (χ3v) is 3.76. The molecule has 0 atom stereocenters. The minimum absolute atomic E-state index is 0.0168. The van der Waals surface area contributed by atoms with E-state index in [1.54, 1.807) is 4.90 Å². The van der Waals surface area contributed by atoms with Crippen LogP contribution in [0.4, 0.5) is 10.5 Å². The first-order valence-corrected chi connectivity index (χ1v) is 6.46. The first-order chi connectivity index (χ1) is 8.77. The van der Waals surface area contributed by atoms with E-state index in [0.29, 0.717) is 13.0 Å². The average molecular weight is 244 g/mol. The molecule has 0 N–H and O–H groups in total. The summed E-state index contributed by atoms with van der Waals surface area (Å²) in [6, 6.07) is 9.55. The highest BCUT2D eigenvalue weighted by Gasteiger charge is 2.39. The summed E-state index contributed by atoms with van der Waals surface area (Å²) in [6.45, 7) is 0.491. The molecule has 0 bridgehead atoms. The molecule has 4 nitrogen and oxygen atoms in total. The smallest absolute Gasteiger partial charge is 0.293 e. The van der Waals surface area contributed by atoms with Gasteiger partial charge >= 0.3 is 6.03 Å². The van der Waals surface area contributed by atoms with Crippen LogP contribution >= 0.6 is 0 Å². The van der Waals surface area contributed by atoms with Crippen molar-refractivity contribution in [3.8, 4) is 0 Å². The van der Waals surface area contributed by atoms with Crippen LogP contribution in [-0.2, 0) is 4.79 Å². The predicted octanol–water partition coefficient (Wildman–Crippen LogP) is 2.40. The first-order valence-electron chi connectivity index (χ1n) is 6.46. The van der Waals surface area contributed by atoms with Gasteiger partial charge in [-0.2, -0.15) is 0 Å². The number of hydrogen-bond acceptors (Lipinski definition) is 2. The molecule has 3 rings (SSSR count). The molecule has 0 spiro atoms. The summed E-state index contributed by atoms with van der Waals surface area (Å²) in [4.78, 5) is 27.5. The molecule has 18 heavy (non-hydrogen) atoms. The van der Waals surface area contributed by atoms with E-state index >= 15 is 0 Å². The minimum atomic E-state index is -0.151. The second-order valence-electron chi connectivity index (χ2n) is 4.87. The standard InChI is InChI=1S/C14H16N2O2/c17-13-9-10-15(11-5-2-1-3-6-11)14(18)16(13)12-7-4-8-12/h1-3,5-6,12H,4,7-10H2. The second kappa shape index (κ2) is 4.44. The van der Waals surface area contributed by atoms with Gasteiger partial charge in [-0.3, -0.25) is 14.6 Å². The molecule has 4 heteroatoms. The van der Waals surface area contributed by atoms with Crippen LogP contribution in [0, 0.1) is 0 Å². The summed E-state index contributed by atoms with van der Waals surface area (Å²) in [5.74, 6) is -0.0168. The number of imide groups is 1. The summed E-state index contributed by atoms with van der Waals surface area (Å²) in [5.41, 5.74) is 0.874. The molecule has 0 aromatic heterocycles. The Morgan fingerprint density at radius 1 is 1.06 bits per heavy atom. The molecule has 1 heterocycles. The Morgan fingerprint density at radius 2 is 1.78 bits per heavy atom. The Hall–Kier alpha value is -1.84. The molecule has 1 aromatic rings. The van der Waals surface area contributed by atoms with Crippen LogP contribution in [0.25, 0.3) is 0 Å². The number of hydrogen-bond donors (Lipinski definition) is 0. The lowest BCUT2D eigenvalue weighted by Crippen LogP contribution is -2.57. The molecule has 0 radical (unpaired) electrons. The predicted molar refractivity (Wildman–Crippen MR) is 68.3 cm³/mol. The lowest BCUT2D eigenvalue weighted by Gasteiger charge is -2.42. The summed E-state index contributed by atoms with van der Waals surface area (Å²) in [5, 5.41) is 0. The van der Waals surface area contributed by atoms with Gasteiger partial charge in [0.2, 0.25) is 5.91 Å². The average Bonchev–Trinajstić information content (AvgIpc) is 2.33. The van der Waals surface area contributed by atoms with Gasteiger partial charge < -0.3 is 0 Å². The third kappa shape index (κ3) is 1.78. The van der Waals surface area contributed by atoms with Gasteiger partial charge in [0.05, 0.1) is 0 Å². The first kappa shape index (κ1) is 11.3. The molecule has 1 aliphatic heterocycles. The molecule has 3 amide bonds. The zero-order valence-corrected chi connectivity index (χ0v) is 10.2. The topological polar surface area (TPSA) is 40.6 Å². The number of benzene rings is 1. The van der Waals surface area contributed by atoms with Gasteiger partial charge in [-0.05, 0) is 31.4 Å². The molecule has 1 aliphatic carbocycles. The van der Waals surface area contributed by atoms with E-state index in [4.69, 9.17) is 0 Å². The summed E-state index contributed by atoms with van der Waals surface area (Å²) in [7, 11) is 0. The van der Waals surface area contributed by atoms with Gasteiger partial charge in [0.25, 0.3) is 0 Å². The molecule has 1 saturated heterocycles. The van der Waals surface area contributed by atoms with E-state index < -0.39 is 0 Å². The normalized spacial score (nSPS) is 21.1. The number of carbonyl (C=O) groups excluding carboxylic acids is 2. The number of carbonyl (C=O) groups is 2. The fraction of sp³-hybridized carbons (Fsp3) is 0.429. The molecule has 2 fully saturated rings. The fourth-order valence-electron chi connectivity index (χ4n) is 2.51. The van der Waals surface area contributed by atoms with Crippen LogP contribution < -0.4 is 4.90 Å². The highest BCUT2D eigenvalue weighted by atomic mass is 16.2. The van der Waals surface area contributed by atoms with Crippen molar-refractivity contribution in [2.24, 2.45) is 0 Å². The monoisotopic (exact) mass is 244 g/mol. The molecular formula is C14H16N2O2. The molecular weight excluding hydrogens is 228 g/mol. The minimum Gasteiger partial charge on any atom is -0.293 e. The Kier molecular flexibility index (Phi) is 2.78. The van der Waals surface area contributed by atoms with Gasteiger partial charge in [0.15, 0.2) is 0 Å². The van der Waals surface area contributed by atoms with Gasteiger partial charge in [-0.25, -0.2) is 4.79 Å². The number of amides is 3. The Bertz CT molecular complexity index is 468. The SMILES string of the molecule is O=C1CCN(c2ccccc2)C(=O)N1C1CCC1. The lowest BCUT2D eigenvalue weighted by atomic mass is 9.91. The zero-order chi connectivity index (χ0) is 12.5. The van der Waals surface area contributed by atoms with Gasteiger partial charge in [-0.15, -0.1) is 0 Å². The number of para-hydroxylation sites is 1. The van der Waals surface area contributed by atoms with Crippen LogP contribution in [0.2, 0.25) is 0 Å². The van der Waals surface area contributed by atoms with Crippen LogP contribution in [0.3, 0.4) is 0 Å². The Morgan fingerprint density at radius 3 is 2.39 bits per heavy atom. The van der Waals surface area contributed by atoms with E-state index in [2.05, 4.69) is 0 Å². The molecule has 94 valence electrons. The molecule has 1 saturated carbocycles. The lowest BCUT2D eigenvalue weighted by molar-refractivity contribution is -0.132. The van der Waals surface area contributed by atoms with Crippen molar-refractivity contribution in [3.05, 3.63) is 30.3 Å². The van der Waals surface area contributed by atoms with Gasteiger partial charge in [-0.1, -0.05) is 18.2 Å². The highest BCUT2D eigenvalue weighted by molar-refractivity contribution is 6.05. The molecule has 1 aromatic carbocycles. The quantitative estimate of drug-likeness (QED) is 0.801. The summed E-state index contributed by atoms with van der Waals surface area (Å²) >= 11 is 0. The maximum atomic E-state index is 12.4. The number of urea groups is 1. The van der Waals surface area contributed by atoms with Crippen molar-refractivity contribution >= 4 is 17.6 Å². The van der Waals surface area contributed by atoms with E-state index in [1.165, 1.54) is 4.90 Å².